The third kappa shape index (κ3) is 3.75. The highest BCUT2D eigenvalue weighted by atomic mass is 35.5. The van der Waals surface area contributed by atoms with Gasteiger partial charge in [-0.1, -0.05) is 24.3 Å². The average Bonchev–Trinajstić information content (AvgIpc) is 2.39. The average molecular weight is 283 g/mol. The van der Waals surface area contributed by atoms with E-state index in [1.54, 1.807) is 24.3 Å². The molecule has 19 heavy (non-hydrogen) atoms. The maximum absolute atomic E-state index is 13.3. The fourth-order valence-corrected chi connectivity index (χ4v) is 1.98. The number of hydrogen-bond acceptors (Lipinski definition) is 1. The molecule has 0 spiro atoms. The van der Waals surface area contributed by atoms with Crippen LogP contribution < -0.4 is 0 Å². The van der Waals surface area contributed by atoms with Crippen molar-refractivity contribution in [1.29, 1.82) is 0 Å². The molecule has 2 aromatic rings. The Morgan fingerprint density at radius 2 is 1.47 bits per heavy atom. The van der Waals surface area contributed by atoms with E-state index in [1.165, 1.54) is 24.3 Å². The first kappa shape index (κ1) is 14.0. The molecule has 0 saturated carbocycles. The van der Waals surface area contributed by atoms with Crippen molar-refractivity contribution in [3.8, 4) is 0 Å². The van der Waals surface area contributed by atoms with E-state index in [0.29, 0.717) is 23.6 Å². The van der Waals surface area contributed by atoms with Crippen molar-refractivity contribution in [3.05, 3.63) is 71.3 Å². The summed E-state index contributed by atoms with van der Waals surface area (Å²) < 4.78 is 32.2. The molecule has 0 atom stereocenters. The Kier molecular flexibility index (Phi) is 4.88. The van der Waals surface area contributed by atoms with Gasteiger partial charge in [0.15, 0.2) is 0 Å². The summed E-state index contributed by atoms with van der Waals surface area (Å²) in [6.07, 6.45) is -0.523. The zero-order valence-electron chi connectivity index (χ0n) is 10.2. The van der Waals surface area contributed by atoms with Gasteiger partial charge >= 0.3 is 0 Å². The van der Waals surface area contributed by atoms with Crippen LogP contribution in [0, 0.1) is 11.6 Å². The van der Waals surface area contributed by atoms with E-state index in [-0.39, 0.29) is 11.6 Å². The third-order valence-electron chi connectivity index (χ3n) is 2.66. The van der Waals surface area contributed by atoms with E-state index < -0.39 is 6.10 Å². The largest absolute Gasteiger partial charge is 0.368 e. The lowest BCUT2D eigenvalue weighted by Crippen LogP contribution is -2.08. The van der Waals surface area contributed by atoms with Crippen molar-refractivity contribution in [2.24, 2.45) is 0 Å². The Labute approximate surface area is 115 Å². The molecule has 0 aromatic heterocycles. The Morgan fingerprint density at radius 3 is 1.89 bits per heavy atom. The fraction of sp³-hybridized carbons (Fsp3) is 0.200. The van der Waals surface area contributed by atoms with Gasteiger partial charge < -0.3 is 4.74 Å². The van der Waals surface area contributed by atoms with E-state index in [2.05, 4.69) is 0 Å². The van der Waals surface area contributed by atoms with Crippen molar-refractivity contribution in [1.82, 2.24) is 0 Å². The lowest BCUT2D eigenvalue weighted by atomic mass is 10.0. The van der Waals surface area contributed by atoms with Crippen molar-refractivity contribution < 1.29 is 13.5 Å². The molecule has 100 valence electrons. The van der Waals surface area contributed by atoms with Gasteiger partial charge in [0.05, 0.1) is 6.61 Å². The zero-order chi connectivity index (χ0) is 13.7. The minimum Gasteiger partial charge on any atom is -0.368 e. The van der Waals surface area contributed by atoms with Crippen molar-refractivity contribution in [2.75, 3.05) is 12.5 Å². The van der Waals surface area contributed by atoms with Crippen molar-refractivity contribution in [2.45, 2.75) is 6.10 Å². The van der Waals surface area contributed by atoms with Crippen LogP contribution in [0.5, 0.6) is 0 Å². The lowest BCUT2D eigenvalue weighted by molar-refractivity contribution is 0.0924. The quantitative estimate of drug-likeness (QED) is 0.743. The Bertz CT molecular complexity index is 500. The summed E-state index contributed by atoms with van der Waals surface area (Å²) in [7, 11) is 0. The SMILES string of the molecule is Fc1cccc(C(OCCCl)c2cccc(F)c2)c1. The molecule has 2 aromatic carbocycles. The summed E-state index contributed by atoms with van der Waals surface area (Å²) in [4.78, 5) is 0. The number of rotatable bonds is 5. The van der Waals surface area contributed by atoms with Crippen LogP contribution in [0.2, 0.25) is 0 Å². The molecular formula is C15H13ClF2O. The second kappa shape index (κ2) is 6.64. The van der Waals surface area contributed by atoms with E-state index in [9.17, 15) is 8.78 Å². The fourth-order valence-electron chi connectivity index (χ4n) is 1.89. The molecule has 4 heteroatoms. The summed E-state index contributed by atoms with van der Waals surface area (Å²) in [6.45, 7) is 0.305. The maximum atomic E-state index is 13.3. The predicted octanol–water partition coefficient (Wildman–Crippen LogP) is 4.31. The molecule has 0 bridgehead atoms. The van der Waals surface area contributed by atoms with Crippen LogP contribution in [0.1, 0.15) is 17.2 Å². The smallest absolute Gasteiger partial charge is 0.123 e. The molecule has 0 N–H and O–H groups in total. The summed E-state index contributed by atoms with van der Waals surface area (Å²) in [5, 5.41) is 0. The van der Waals surface area contributed by atoms with Crippen LogP contribution >= 0.6 is 11.6 Å². The van der Waals surface area contributed by atoms with Crippen LogP contribution in [-0.4, -0.2) is 12.5 Å². The number of halogens is 3. The molecule has 0 saturated heterocycles. The van der Waals surface area contributed by atoms with Crippen LogP contribution in [0.4, 0.5) is 8.78 Å². The molecular weight excluding hydrogens is 270 g/mol. The van der Waals surface area contributed by atoms with E-state index >= 15 is 0 Å². The van der Waals surface area contributed by atoms with E-state index in [0.717, 1.165) is 0 Å². The second-order valence-corrected chi connectivity index (χ2v) is 4.43. The number of alkyl halides is 1. The predicted molar refractivity (Wildman–Crippen MR) is 71.3 cm³/mol. The van der Waals surface area contributed by atoms with Gasteiger partial charge in [-0.3, -0.25) is 0 Å². The first-order chi connectivity index (χ1) is 9.20. The van der Waals surface area contributed by atoms with Gasteiger partial charge in [-0.2, -0.15) is 0 Å². The van der Waals surface area contributed by atoms with E-state index in [1.807, 2.05) is 0 Å². The van der Waals surface area contributed by atoms with E-state index in [4.69, 9.17) is 16.3 Å². The lowest BCUT2D eigenvalue weighted by Gasteiger charge is -2.18. The Morgan fingerprint density at radius 1 is 0.947 bits per heavy atom. The van der Waals surface area contributed by atoms with Crippen LogP contribution in [0.25, 0.3) is 0 Å². The van der Waals surface area contributed by atoms with Gasteiger partial charge in [-0.15, -0.1) is 11.6 Å². The van der Waals surface area contributed by atoms with Crippen LogP contribution in [0.3, 0.4) is 0 Å². The molecule has 0 heterocycles. The summed E-state index contributed by atoms with van der Waals surface area (Å²) in [6, 6.07) is 12.1. The van der Waals surface area contributed by atoms with Crippen LogP contribution in [-0.2, 0) is 4.74 Å². The number of hydrogen-bond donors (Lipinski definition) is 0. The van der Waals surface area contributed by atoms with Gasteiger partial charge in [-0.05, 0) is 35.4 Å². The molecule has 0 unspecified atom stereocenters. The number of ether oxygens (including phenoxy) is 1. The molecule has 0 aliphatic rings. The Hall–Kier alpha value is -1.45. The zero-order valence-corrected chi connectivity index (χ0v) is 10.9. The monoisotopic (exact) mass is 282 g/mol. The standard InChI is InChI=1S/C15H13ClF2O/c16-7-8-19-15(11-3-1-5-13(17)9-11)12-4-2-6-14(18)10-12/h1-6,9-10,15H,7-8H2. The van der Waals surface area contributed by atoms with Gasteiger partial charge in [0.2, 0.25) is 0 Å². The summed E-state index contributed by atoms with van der Waals surface area (Å²) in [5.74, 6) is -0.386. The normalized spacial score (nSPS) is 10.9. The molecule has 0 amide bonds. The summed E-state index contributed by atoms with van der Waals surface area (Å²) in [5.41, 5.74) is 1.27. The summed E-state index contributed by atoms with van der Waals surface area (Å²) >= 11 is 5.61. The molecule has 0 fully saturated rings. The molecule has 1 nitrogen and oxygen atoms in total. The van der Waals surface area contributed by atoms with Gasteiger partial charge in [-0.25, -0.2) is 8.78 Å². The van der Waals surface area contributed by atoms with Gasteiger partial charge in [0, 0.05) is 5.88 Å². The topological polar surface area (TPSA) is 9.23 Å². The molecule has 0 aliphatic carbocycles. The molecule has 0 radical (unpaired) electrons. The van der Waals surface area contributed by atoms with Crippen molar-refractivity contribution >= 4 is 11.6 Å². The third-order valence-corrected chi connectivity index (χ3v) is 2.82. The minimum atomic E-state index is -0.523. The Balaban J connectivity index is 2.35. The second-order valence-electron chi connectivity index (χ2n) is 4.05. The van der Waals surface area contributed by atoms with Gasteiger partial charge in [0.1, 0.15) is 17.7 Å². The maximum Gasteiger partial charge on any atom is 0.123 e. The van der Waals surface area contributed by atoms with Crippen molar-refractivity contribution in [3.63, 3.8) is 0 Å². The first-order valence-corrected chi connectivity index (χ1v) is 6.42. The van der Waals surface area contributed by atoms with Crippen LogP contribution in [0.15, 0.2) is 48.5 Å². The van der Waals surface area contributed by atoms with Gasteiger partial charge in [0.25, 0.3) is 0 Å². The minimum absolute atomic E-state index is 0.305. The highest BCUT2D eigenvalue weighted by molar-refractivity contribution is 6.17. The first-order valence-electron chi connectivity index (χ1n) is 5.89. The highest BCUT2D eigenvalue weighted by Gasteiger charge is 2.15. The number of benzene rings is 2. The molecule has 0 aliphatic heterocycles. The highest BCUT2D eigenvalue weighted by Crippen LogP contribution is 2.27. The molecule has 2 rings (SSSR count).